The summed E-state index contributed by atoms with van der Waals surface area (Å²) >= 11 is 5.92. The molecule has 1 N–H and O–H groups in total. The fourth-order valence-corrected chi connectivity index (χ4v) is 2.35. The molecule has 3 rings (SSSR count). The standard InChI is InChI=1S/C16H12ClN5/c1-22-15-8-3-2-7-13(15)19-16(22)14(10-18)21-20-12-6-4-5-11(17)9-12/h2-9,20H,1H3/b21-14-. The molecule has 3 aromatic rings. The van der Waals surface area contributed by atoms with E-state index in [0.29, 0.717) is 16.5 Å². The molecule has 0 amide bonds. The predicted octanol–water partition coefficient (Wildman–Crippen LogP) is 3.57. The Morgan fingerprint density at radius 1 is 1.27 bits per heavy atom. The van der Waals surface area contributed by atoms with Crippen molar-refractivity contribution in [1.29, 1.82) is 5.26 Å². The van der Waals surface area contributed by atoms with E-state index in [1.54, 1.807) is 18.2 Å². The molecule has 0 aliphatic rings. The van der Waals surface area contributed by atoms with Gasteiger partial charge in [-0.3, -0.25) is 5.43 Å². The first kappa shape index (κ1) is 14.1. The number of para-hydroxylation sites is 2. The number of nitrogens with zero attached hydrogens (tertiary/aromatic N) is 4. The van der Waals surface area contributed by atoms with Crippen LogP contribution in [-0.4, -0.2) is 15.3 Å². The molecule has 0 atom stereocenters. The van der Waals surface area contributed by atoms with Gasteiger partial charge in [0.25, 0.3) is 0 Å². The van der Waals surface area contributed by atoms with Gasteiger partial charge in [-0.05, 0) is 30.3 Å². The Hall–Kier alpha value is -2.84. The Labute approximate surface area is 132 Å². The molecule has 5 nitrogen and oxygen atoms in total. The zero-order valence-corrected chi connectivity index (χ0v) is 12.5. The number of rotatable bonds is 3. The van der Waals surface area contributed by atoms with E-state index in [1.807, 2.05) is 41.9 Å². The summed E-state index contributed by atoms with van der Waals surface area (Å²) in [5.74, 6) is 0.512. The highest BCUT2D eigenvalue weighted by Gasteiger charge is 2.13. The summed E-state index contributed by atoms with van der Waals surface area (Å²) in [4.78, 5) is 4.46. The summed E-state index contributed by atoms with van der Waals surface area (Å²) in [6.07, 6.45) is 0. The lowest BCUT2D eigenvalue weighted by atomic mass is 10.3. The number of hydrazone groups is 1. The van der Waals surface area contributed by atoms with Gasteiger partial charge in [-0.1, -0.05) is 29.8 Å². The van der Waals surface area contributed by atoms with Gasteiger partial charge in [0.2, 0.25) is 5.71 Å². The number of hydrogen-bond donors (Lipinski definition) is 1. The summed E-state index contributed by atoms with van der Waals surface area (Å²) in [5.41, 5.74) is 5.52. The molecule has 0 saturated heterocycles. The molecule has 0 aliphatic carbocycles. The summed E-state index contributed by atoms with van der Waals surface area (Å²) < 4.78 is 1.84. The maximum atomic E-state index is 9.36. The van der Waals surface area contributed by atoms with Crippen molar-refractivity contribution in [2.24, 2.45) is 12.1 Å². The lowest BCUT2D eigenvalue weighted by Gasteiger charge is -2.03. The molecular weight excluding hydrogens is 298 g/mol. The fourth-order valence-electron chi connectivity index (χ4n) is 2.16. The second kappa shape index (κ2) is 5.88. The quantitative estimate of drug-likeness (QED) is 0.594. The maximum Gasteiger partial charge on any atom is 0.203 e. The van der Waals surface area contributed by atoms with Gasteiger partial charge < -0.3 is 4.57 Å². The summed E-state index contributed by atoms with van der Waals surface area (Å²) in [6, 6.07) is 16.9. The van der Waals surface area contributed by atoms with Crippen LogP contribution in [0.3, 0.4) is 0 Å². The Balaban J connectivity index is 1.98. The Bertz CT molecular complexity index is 904. The average molecular weight is 310 g/mol. The van der Waals surface area contributed by atoms with Crippen LogP contribution in [0, 0.1) is 11.3 Å². The van der Waals surface area contributed by atoms with Gasteiger partial charge in [0, 0.05) is 12.1 Å². The zero-order valence-electron chi connectivity index (χ0n) is 11.8. The number of hydrogen-bond acceptors (Lipinski definition) is 4. The molecule has 1 aromatic heterocycles. The van der Waals surface area contributed by atoms with E-state index in [4.69, 9.17) is 11.6 Å². The van der Waals surface area contributed by atoms with Gasteiger partial charge in [-0.25, -0.2) is 4.98 Å². The third kappa shape index (κ3) is 2.65. The lowest BCUT2D eigenvalue weighted by molar-refractivity contribution is 0.929. The first-order valence-electron chi connectivity index (χ1n) is 6.60. The lowest BCUT2D eigenvalue weighted by Crippen LogP contribution is -2.08. The first-order valence-corrected chi connectivity index (χ1v) is 6.98. The maximum absolute atomic E-state index is 9.36. The molecule has 0 fully saturated rings. The number of nitrogens with one attached hydrogen (secondary N) is 1. The van der Waals surface area contributed by atoms with Crippen molar-refractivity contribution in [2.75, 3.05) is 5.43 Å². The minimum Gasteiger partial charge on any atom is -0.325 e. The van der Waals surface area contributed by atoms with E-state index in [0.717, 1.165) is 11.0 Å². The predicted molar refractivity (Wildman–Crippen MR) is 87.9 cm³/mol. The molecule has 2 aromatic carbocycles. The topological polar surface area (TPSA) is 66.0 Å². The van der Waals surface area contributed by atoms with Crippen LogP contribution in [0.15, 0.2) is 53.6 Å². The van der Waals surface area contributed by atoms with Crippen molar-refractivity contribution < 1.29 is 0 Å². The van der Waals surface area contributed by atoms with E-state index >= 15 is 0 Å². The fraction of sp³-hybridized carbons (Fsp3) is 0.0625. The molecule has 0 radical (unpaired) electrons. The SMILES string of the molecule is Cn1c(/C(C#N)=N\Nc2cccc(Cl)c2)nc2ccccc21. The van der Waals surface area contributed by atoms with E-state index in [2.05, 4.69) is 21.6 Å². The Morgan fingerprint density at radius 3 is 2.82 bits per heavy atom. The second-order valence-electron chi connectivity index (χ2n) is 4.68. The Morgan fingerprint density at radius 2 is 2.09 bits per heavy atom. The number of aryl methyl sites for hydroxylation is 1. The van der Waals surface area contributed by atoms with Crippen molar-refractivity contribution in [2.45, 2.75) is 0 Å². The molecule has 0 bridgehead atoms. The monoisotopic (exact) mass is 309 g/mol. The third-order valence-corrected chi connectivity index (χ3v) is 3.46. The van der Waals surface area contributed by atoms with Gasteiger partial charge >= 0.3 is 0 Å². The number of anilines is 1. The molecule has 108 valence electrons. The van der Waals surface area contributed by atoms with E-state index in [-0.39, 0.29) is 5.71 Å². The number of nitriles is 1. The van der Waals surface area contributed by atoms with Crippen LogP contribution in [0.5, 0.6) is 0 Å². The number of fused-ring (bicyclic) bond motifs is 1. The van der Waals surface area contributed by atoms with Crippen LogP contribution >= 0.6 is 11.6 Å². The number of aromatic nitrogens is 2. The molecule has 0 aliphatic heterocycles. The minimum atomic E-state index is 0.207. The van der Waals surface area contributed by atoms with Crippen LogP contribution in [0.1, 0.15) is 5.82 Å². The van der Waals surface area contributed by atoms with Crippen molar-refractivity contribution in [3.8, 4) is 6.07 Å². The van der Waals surface area contributed by atoms with Gasteiger partial charge in [0.05, 0.1) is 16.7 Å². The van der Waals surface area contributed by atoms with Crippen LogP contribution in [0.4, 0.5) is 5.69 Å². The highest BCUT2D eigenvalue weighted by Crippen LogP contribution is 2.17. The number of imidazole rings is 1. The van der Waals surface area contributed by atoms with Crippen molar-refractivity contribution in [3.63, 3.8) is 0 Å². The zero-order chi connectivity index (χ0) is 15.5. The molecule has 1 heterocycles. The molecule has 0 saturated carbocycles. The number of benzene rings is 2. The van der Waals surface area contributed by atoms with Crippen LogP contribution in [0.25, 0.3) is 11.0 Å². The van der Waals surface area contributed by atoms with Crippen molar-refractivity contribution in [3.05, 3.63) is 59.4 Å². The third-order valence-electron chi connectivity index (χ3n) is 3.23. The molecule has 6 heteroatoms. The Kier molecular flexibility index (Phi) is 3.77. The first-order chi connectivity index (χ1) is 10.7. The van der Waals surface area contributed by atoms with Crippen molar-refractivity contribution in [1.82, 2.24) is 9.55 Å². The summed E-state index contributed by atoms with van der Waals surface area (Å²) in [5, 5.41) is 14.1. The largest absolute Gasteiger partial charge is 0.325 e. The van der Waals surface area contributed by atoms with Crippen molar-refractivity contribution >= 4 is 34.0 Å². The van der Waals surface area contributed by atoms with Crippen LogP contribution in [-0.2, 0) is 7.05 Å². The summed E-state index contributed by atoms with van der Waals surface area (Å²) in [6.45, 7) is 0. The number of halogens is 1. The minimum absolute atomic E-state index is 0.207. The molecular formula is C16H12ClN5. The van der Waals surface area contributed by atoms with E-state index < -0.39 is 0 Å². The summed E-state index contributed by atoms with van der Waals surface area (Å²) in [7, 11) is 1.86. The highest BCUT2D eigenvalue weighted by molar-refractivity contribution is 6.30. The smallest absolute Gasteiger partial charge is 0.203 e. The molecule has 0 unspecified atom stereocenters. The highest BCUT2D eigenvalue weighted by atomic mass is 35.5. The van der Waals surface area contributed by atoms with Gasteiger partial charge in [-0.2, -0.15) is 10.4 Å². The van der Waals surface area contributed by atoms with Gasteiger partial charge in [-0.15, -0.1) is 0 Å². The van der Waals surface area contributed by atoms with E-state index in [9.17, 15) is 5.26 Å². The van der Waals surface area contributed by atoms with Gasteiger partial charge in [0.15, 0.2) is 5.82 Å². The average Bonchev–Trinajstić information content (AvgIpc) is 2.86. The van der Waals surface area contributed by atoms with E-state index in [1.165, 1.54) is 0 Å². The molecule has 22 heavy (non-hydrogen) atoms. The normalized spacial score (nSPS) is 11.4. The second-order valence-corrected chi connectivity index (χ2v) is 5.11. The molecule has 0 spiro atoms. The van der Waals surface area contributed by atoms with Crippen LogP contribution < -0.4 is 5.43 Å². The van der Waals surface area contributed by atoms with Crippen LogP contribution in [0.2, 0.25) is 5.02 Å². The van der Waals surface area contributed by atoms with Gasteiger partial charge in [0.1, 0.15) is 6.07 Å².